The lowest BCUT2D eigenvalue weighted by Gasteiger charge is -2.24. The molecule has 3 aromatic rings. The van der Waals surface area contributed by atoms with Crippen molar-refractivity contribution in [3.8, 4) is 0 Å². The molecule has 0 aliphatic rings. The summed E-state index contributed by atoms with van der Waals surface area (Å²) in [5, 5.41) is 3.74. The average molecular weight is 491 g/mol. The Balaban J connectivity index is 1.96. The van der Waals surface area contributed by atoms with Crippen LogP contribution in [0.5, 0.6) is 0 Å². The summed E-state index contributed by atoms with van der Waals surface area (Å²) in [6.45, 7) is 5.11. The van der Waals surface area contributed by atoms with Crippen LogP contribution in [0.25, 0.3) is 0 Å². The summed E-state index contributed by atoms with van der Waals surface area (Å²) in [6.07, 6.45) is 0. The first-order valence-electron chi connectivity index (χ1n) is 9.94. The maximum Gasteiger partial charge on any atom is 0.244 e. The molecule has 0 radical (unpaired) electrons. The topological polar surface area (TPSA) is 66.5 Å². The number of anilines is 1. The van der Waals surface area contributed by atoms with E-state index in [-0.39, 0.29) is 18.0 Å². The molecule has 1 N–H and O–H groups in total. The molecule has 0 spiro atoms. The zero-order valence-corrected chi connectivity index (χ0v) is 20.4. The highest BCUT2D eigenvalue weighted by Gasteiger charge is 2.30. The summed E-state index contributed by atoms with van der Waals surface area (Å²) in [5.41, 5.74) is 3.46. The molecule has 0 unspecified atom stereocenters. The van der Waals surface area contributed by atoms with Crippen molar-refractivity contribution >= 4 is 44.8 Å². The van der Waals surface area contributed by atoms with E-state index >= 15 is 0 Å². The van der Waals surface area contributed by atoms with Gasteiger partial charge in [0.05, 0.1) is 11.4 Å². The van der Waals surface area contributed by atoms with Crippen molar-refractivity contribution in [2.24, 2.45) is 0 Å². The maximum atomic E-state index is 13.7. The second-order valence-electron chi connectivity index (χ2n) is 7.69. The van der Waals surface area contributed by atoms with Gasteiger partial charge in [0.1, 0.15) is 0 Å². The number of sulfonamides is 1. The maximum absolute atomic E-state index is 13.7. The van der Waals surface area contributed by atoms with Gasteiger partial charge < -0.3 is 5.32 Å². The van der Waals surface area contributed by atoms with E-state index in [0.717, 1.165) is 11.1 Å². The number of carbonyl (C=O) groups is 1. The van der Waals surface area contributed by atoms with Crippen LogP contribution in [0, 0.1) is 20.8 Å². The molecule has 0 bridgehead atoms. The molecule has 0 saturated heterocycles. The zero-order chi connectivity index (χ0) is 23.5. The standard InChI is InChI=1S/C24H24Cl2N2O3S/c1-16-11-17(2)24(18(3)12-16)32(30,31)28(14-19-7-9-20(25)10-8-19)15-23(29)27-22-6-4-5-21(26)13-22/h4-13H,14-15H2,1-3H3,(H,27,29). The van der Waals surface area contributed by atoms with E-state index in [1.165, 1.54) is 4.31 Å². The number of benzene rings is 3. The van der Waals surface area contributed by atoms with Gasteiger partial charge in [-0.3, -0.25) is 4.79 Å². The Bertz CT molecular complexity index is 1220. The predicted molar refractivity (Wildman–Crippen MR) is 130 cm³/mol. The van der Waals surface area contributed by atoms with Gasteiger partial charge in [0.15, 0.2) is 0 Å². The highest BCUT2D eigenvalue weighted by molar-refractivity contribution is 7.89. The molecular formula is C24H24Cl2N2O3S. The number of amides is 1. The predicted octanol–water partition coefficient (Wildman–Crippen LogP) is 5.75. The second-order valence-corrected chi connectivity index (χ2v) is 10.4. The Morgan fingerprint density at radius 2 is 1.53 bits per heavy atom. The number of carbonyl (C=O) groups excluding carboxylic acids is 1. The highest BCUT2D eigenvalue weighted by atomic mass is 35.5. The van der Waals surface area contributed by atoms with Crippen LogP contribution in [-0.2, 0) is 21.4 Å². The SMILES string of the molecule is Cc1cc(C)c(S(=O)(=O)N(CC(=O)Nc2cccc(Cl)c2)Cc2ccc(Cl)cc2)c(C)c1. The van der Waals surface area contributed by atoms with Crippen LogP contribution in [0.15, 0.2) is 65.6 Å². The third kappa shape index (κ3) is 5.90. The van der Waals surface area contributed by atoms with Gasteiger partial charge in [-0.15, -0.1) is 0 Å². The lowest BCUT2D eigenvalue weighted by molar-refractivity contribution is -0.116. The van der Waals surface area contributed by atoms with Gasteiger partial charge in [0.2, 0.25) is 15.9 Å². The van der Waals surface area contributed by atoms with Crippen molar-refractivity contribution in [3.63, 3.8) is 0 Å². The summed E-state index contributed by atoms with van der Waals surface area (Å²) in [4.78, 5) is 13.0. The van der Waals surface area contributed by atoms with Gasteiger partial charge in [-0.05, 0) is 67.8 Å². The van der Waals surface area contributed by atoms with Crippen LogP contribution in [0.2, 0.25) is 10.0 Å². The third-order valence-electron chi connectivity index (χ3n) is 4.90. The molecule has 0 aliphatic carbocycles. The minimum atomic E-state index is -3.97. The first-order valence-corrected chi connectivity index (χ1v) is 12.1. The Hall–Kier alpha value is -2.38. The molecule has 0 saturated carbocycles. The molecule has 8 heteroatoms. The third-order valence-corrected chi connectivity index (χ3v) is 7.49. The fourth-order valence-corrected chi connectivity index (χ4v) is 5.76. The molecule has 3 rings (SSSR count). The van der Waals surface area contributed by atoms with Gasteiger partial charge in [0, 0.05) is 22.3 Å². The normalized spacial score (nSPS) is 11.6. The smallest absolute Gasteiger partial charge is 0.244 e. The summed E-state index contributed by atoms with van der Waals surface area (Å²) in [5.74, 6) is -0.466. The fraction of sp³-hybridized carbons (Fsp3) is 0.208. The van der Waals surface area contributed by atoms with Crippen LogP contribution in [0.1, 0.15) is 22.3 Å². The van der Waals surface area contributed by atoms with E-state index in [9.17, 15) is 13.2 Å². The van der Waals surface area contributed by atoms with Crippen LogP contribution in [-0.4, -0.2) is 25.2 Å². The molecular weight excluding hydrogens is 467 g/mol. The first-order chi connectivity index (χ1) is 15.1. The average Bonchev–Trinajstić information content (AvgIpc) is 2.68. The number of nitrogens with one attached hydrogen (secondary N) is 1. The number of aryl methyl sites for hydroxylation is 3. The molecule has 0 heterocycles. The highest BCUT2D eigenvalue weighted by Crippen LogP contribution is 2.27. The van der Waals surface area contributed by atoms with E-state index in [1.807, 2.05) is 19.1 Å². The number of halogens is 2. The monoisotopic (exact) mass is 490 g/mol. The number of hydrogen-bond donors (Lipinski definition) is 1. The lowest BCUT2D eigenvalue weighted by Crippen LogP contribution is -2.38. The largest absolute Gasteiger partial charge is 0.325 e. The van der Waals surface area contributed by atoms with Crippen LogP contribution in [0.4, 0.5) is 5.69 Å². The summed E-state index contributed by atoms with van der Waals surface area (Å²) >= 11 is 12.0. The molecule has 168 valence electrons. The molecule has 0 aromatic heterocycles. The lowest BCUT2D eigenvalue weighted by atomic mass is 10.1. The van der Waals surface area contributed by atoms with E-state index in [2.05, 4.69) is 5.32 Å². The summed E-state index contributed by atoms with van der Waals surface area (Å²) in [6, 6.07) is 17.2. The number of rotatable bonds is 7. The zero-order valence-electron chi connectivity index (χ0n) is 18.0. The van der Waals surface area contributed by atoms with Gasteiger partial charge >= 0.3 is 0 Å². The Labute approximate surface area is 199 Å². The van der Waals surface area contributed by atoms with E-state index in [4.69, 9.17) is 23.2 Å². The number of hydrogen-bond acceptors (Lipinski definition) is 3. The van der Waals surface area contributed by atoms with Crippen molar-refractivity contribution in [1.82, 2.24) is 4.31 Å². The van der Waals surface area contributed by atoms with E-state index in [1.54, 1.807) is 62.4 Å². The molecule has 3 aromatic carbocycles. The van der Waals surface area contributed by atoms with Crippen LogP contribution in [0.3, 0.4) is 0 Å². The Morgan fingerprint density at radius 1 is 0.906 bits per heavy atom. The minimum Gasteiger partial charge on any atom is -0.325 e. The van der Waals surface area contributed by atoms with Crippen LogP contribution < -0.4 is 5.32 Å². The van der Waals surface area contributed by atoms with Gasteiger partial charge in [-0.25, -0.2) is 8.42 Å². The quantitative estimate of drug-likeness (QED) is 0.458. The van der Waals surface area contributed by atoms with Crippen LogP contribution >= 0.6 is 23.2 Å². The van der Waals surface area contributed by atoms with E-state index < -0.39 is 15.9 Å². The van der Waals surface area contributed by atoms with Gasteiger partial charge in [0.25, 0.3) is 0 Å². The Morgan fingerprint density at radius 3 is 2.12 bits per heavy atom. The Kier molecular flexibility index (Phi) is 7.62. The summed E-state index contributed by atoms with van der Waals surface area (Å²) in [7, 11) is -3.97. The molecule has 0 aliphatic heterocycles. The van der Waals surface area contributed by atoms with Crippen molar-refractivity contribution in [2.45, 2.75) is 32.2 Å². The van der Waals surface area contributed by atoms with Crippen molar-refractivity contribution in [2.75, 3.05) is 11.9 Å². The summed E-state index contributed by atoms with van der Waals surface area (Å²) < 4.78 is 28.6. The molecule has 1 amide bonds. The first kappa shape index (κ1) is 24.3. The molecule has 5 nitrogen and oxygen atoms in total. The van der Waals surface area contributed by atoms with Crippen molar-refractivity contribution in [3.05, 3.63) is 93.0 Å². The van der Waals surface area contributed by atoms with Gasteiger partial charge in [-0.2, -0.15) is 4.31 Å². The van der Waals surface area contributed by atoms with Crippen molar-refractivity contribution in [1.29, 1.82) is 0 Å². The molecule has 0 atom stereocenters. The molecule has 0 fully saturated rings. The molecule has 32 heavy (non-hydrogen) atoms. The van der Waals surface area contributed by atoms with Gasteiger partial charge in [-0.1, -0.05) is 59.1 Å². The fourth-order valence-electron chi connectivity index (χ4n) is 3.65. The number of nitrogens with zero attached hydrogens (tertiary/aromatic N) is 1. The minimum absolute atomic E-state index is 0.0230. The van der Waals surface area contributed by atoms with Crippen molar-refractivity contribution < 1.29 is 13.2 Å². The van der Waals surface area contributed by atoms with E-state index in [0.29, 0.717) is 26.9 Å². The second kappa shape index (κ2) is 10.0.